The molecule has 6 nitrogen and oxygen atoms in total. The molecule has 4 aromatic carbocycles. The largest absolute Gasteiger partial charge is 0.497 e. The van der Waals surface area contributed by atoms with Crippen LogP contribution in [0.2, 0.25) is 0 Å². The van der Waals surface area contributed by atoms with Gasteiger partial charge in [0.15, 0.2) is 0 Å². The molecule has 2 amide bonds. The topological polar surface area (TPSA) is 66.0 Å². The van der Waals surface area contributed by atoms with E-state index in [1.165, 1.54) is 0 Å². The number of hydrogen-bond donors (Lipinski definition) is 2. The molecule has 0 saturated heterocycles. The zero-order valence-corrected chi connectivity index (χ0v) is 20.3. The van der Waals surface area contributed by atoms with Gasteiger partial charge in [-0.05, 0) is 41.0 Å². The van der Waals surface area contributed by atoms with Crippen molar-refractivity contribution in [3.05, 3.63) is 132 Å². The van der Waals surface area contributed by atoms with Crippen molar-refractivity contribution >= 4 is 17.7 Å². The molecular weight excluding hydrogens is 448 g/mol. The van der Waals surface area contributed by atoms with Gasteiger partial charge >= 0.3 is 6.03 Å². The van der Waals surface area contributed by atoms with Crippen LogP contribution in [-0.2, 0) is 19.6 Å². The van der Waals surface area contributed by atoms with Gasteiger partial charge in [0, 0.05) is 18.8 Å². The summed E-state index contributed by atoms with van der Waals surface area (Å²) in [5.41, 5.74) is 3.96. The number of carbonyl (C=O) groups is 1. The maximum absolute atomic E-state index is 13.0. The number of nitrogens with one attached hydrogen (secondary N) is 2. The number of benzene rings is 4. The van der Waals surface area contributed by atoms with E-state index in [4.69, 9.17) is 9.73 Å². The summed E-state index contributed by atoms with van der Waals surface area (Å²) in [6.07, 6.45) is 0. The zero-order valence-electron chi connectivity index (χ0n) is 20.3. The summed E-state index contributed by atoms with van der Waals surface area (Å²) in [5, 5.41) is 5.89. The van der Waals surface area contributed by atoms with Crippen LogP contribution in [0, 0.1) is 0 Å². The first-order valence-corrected chi connectivity index (χ1v) is 11.8. The van der Waals surface area contributed by atoms with Crippen LogP contribution in [0.3, 0.4) is 0 Å². The first-order valence-electron chi connectivity index (χ1n) is 11.8. The van der Waals surface area contributed by atoms with Gasteiger partial charge in [0.25, 0.3) is 0 Å². The molecule has 6 heteroatoms. The number of hydrogen-bond acceptors (Lipinski definition) is 3. The Kier molecular flexibility index (Phi) is 8.70. The van der Waals surface area contributed by atoms with Gasteiger partial charge in [-0.25, -0.2) is 9.79 Å². The van der Waals surface area contributed by atoms with Gasteiger partial charge in [-0.2, -0.15) is 0 Å². The van der Waals surface area contributed by atoms with Crippen LogP contribution in [-0.4, -0.2) is 24.0 Å². The van der Waals surface area contributed by atoms with Gasteiger partial charge in [-0.1, -0.05) is 91.0 Å². The van der Waals surface area contributed by atoms with Crippen LogP contribution < -0.4 is 15.4 Å². The fourth-order valence-electron chi connectivity index (χ4n) is 3.71. The molecule has 0 heterocycles. The van der Waals surface area contributed by atoms with Gasteiger partial charge in [-0.3, -0.25) is 5.32 Å². The molecule has 0 aliphatic heterocycles. The molecule has 0 aromatic heterocycles. The lowest BCUT2D eigenvalue weighted by Gasteiger charge is -2.27. The van der Waals surface area contributed by atoms with Gasteiger partial charge < -0.3 is 15.0 Å². The minimum Gasteiger partial charge on any atom is -0.497 e. The lowest BCUT2D eigenvalue weighted by Crippen LogP contribution is -2.45. The fourth-order valence-corrected chi connectivity index (χ4v) is 3.71. The van der Waals surface area contributed by atoms with Gasteiger partial charge in [0.2, 0.25) is 5.96 Å². The number of guanidine groups is 1. The number of anilines is 1. The number of aliphatic imine (C=N–C) groups is 1. The Labute approximate surface area is 212 Å². The Morgan fingerprint density at radius 2 is 1.25 bits per heavy atom. The summed E-state index contributed by atoms with van der Waals surface area (Å²) in [5.74, 6) is 1.28. The summed E-state index contributed by atoms with van der Waals surface area (Å²) >= 11 is 0. The third-order valence-electron chi connectivity index (χ3n) is 5.56. The number of nitrogens with zero attached hydrogens (tertiary/aromatic N) is 2. The van der Waals surface area contributed by atoms with Crippen molar-refractivity contribution in [1.29, 1.82) is 0 Å². The van der Waals surface area contributed by atoms with E-state index in [0.717, 1.165) is 22.4 Å². The van der Waals surface area contributed by atoms with Crippen molar-refractivity contribution < 1.29 is 9.53 Å². The SMILES string of the molecule is COc1ccc(CN=C(NC(=O)Nc2ccccc2)N(Cc2ccccc2)Cc2ccccc2)cc1. The van der Waals surface area contributed by atoms with E-state index < -0.39 is 0 Å². The standard InChI is InChI=1S/C30H30N4O2/c1-36-28-19-17-24(18-20-28)21-31-29(33-30(35)32-27-15-9-4-10-16-27)34(22-25-11-5-2-6-12-25)23-26-13-7-3-8-14-26/h2-20H,21-23H2,1H3,(H2,31,32,33,35). The minimum atomic E-state index is -0.346. The van der Waals surface area contributed by atoms with E-state index in [1.807, 2.05) is 91.0 Å². The van der Waals surface area contributed by atoms with E-state index in [9.17, 15) is 4.79 Å². The highest BCUT2D eigenvalue weighted by molar-refractivity contribution is 6.02. The van der Waals surface area contributed by atoms with Crippen molar-refractivity contribution in [2.45, 2.75) is 19.6 Å². The number of para-hydroxylation sites is 1. The fraction of sp³-hybridized carbons (Fsp3) is 0.133. The predicted octanol–water partition coefficient (Wildman–Crippen LogP) is 6.08. The van der Waals surface area contributed by atoms with Crippen molar-refractivity contribution in [1.82, 2.24) is 10.2 Å². The molecule has 0 atom stereocenters. The molecule has 36 heavy (non-hydrogen) atoms. The number of carbonyl (C=O) groups excluding carboxylic acids is 1. The molecule has 0 bridgehead atoms. The second-order valence-electron chi connectivity index (χ2n) is 8.26. The Morgan fingerprint density at radius 3 is 1.78 bits per heavy atom. The van der Waals surface area contributed by atoms with Crippen molar-refractivity contribution in [2.24, 2.45) is 4.99 Å². The molecule has 0 spiro atoms. The average molecular weight is 479 g/mol. The number of urea groups is 1. The monoisotopic (exact) mass is 478 g/mol. The van der Waals surface area contributed by atoms with Crippen LogP contribution in [0.15, 0.2) is 120 Å². The zero-order chi connectivity index (χ0) is 25.0. The van der Waals surface area contributed by atoms with Crippen LogP contribution in [0.1, 0.15) is 16.7 Å². The maximum Gasteiger partial charge on any atom is 0.325 e. The Hall–Kier alpha value is -4.58. The first-order chi connectivity index (χ1) is 17.7. The molecule has 0 aliphatic carbocycles. The molecule has 0 unspecified atom stereocenters. The van der Waals surface area contributed by atoms with Crippen molar-refractivity contribution in [3.63, 3.8) is 0 Å². The third kappa shape index (κ3) is 7.46. The summed E-state index contributed by atoms with van der Waals surface area (Å²) in [7, 11) is 1.64. The molecule has 0 aliphatic rings. The Bertz CT molecular complexity index is 1200. The molecule has 182 valence electrons. The van der Waals surface area contributed by atoms with E-state index >= 15 is 0 Å². The second kappa shape index (κ2) is 12.8. The van der Waals surface area contributed by atoms with Gasteiger partial charge in [0.1, 0.15) is 5.75 Å². The van der Waals surface area contributed by atoms with E-state index in [2.05, 4.69) is 39.8 Å². The normalized spacial score (nSPS) is 11.0. The lowest BCUT2D eigenvalue weighted by molar-refractivity contribution is 0.254. The Morgan fingerprint density at radius 1 is 0.722 bits per heavy atom. The van der Waals surface area contributed by atoms with Crippen LogP contribution in [0.5, 0.6) is 5.75 Å². The first kappa shape index (κ1) is 24.5. The molecule has 0 radical (unpaired) electrons. The van der Waals surface area contributed by atoms with Crippen LogP contribution in [0.4, 0.5) is 10.5 Å². The summed E-state index contributed by atoms with van der Waals surface area (Å²) in [6, 6.07) is 37.1. The third-order valence-corrected chi connectivity index (χ3v) is 5.56. The van der Waals surface area contributed by atoms with Crippen molar-refractivity contribution in [2.75, 3.05) is 12.4 Å². The number of ether oxygens (including phenoxy) is 1. The second-order valence-corrected chi connectivity index (χ2v) is 8.26. The molecule has 2 N–H and O–H groups in total. The predicted molar refractivity (Wildman–Crippen MR) is 145 cm³/mol. The van der Waals surface area contributed by atoms with E-state index in [1.54, 1.807) is 7.11 Å². The molecular formula is C30H30N4O2. The van der Waals surface area contributed by atoms with Gasteiger partial charge in [0.05, 0.1) is 13.7 Å². The smallest absolute Gasteiger partial charge is 0.325 e. The average Bonchev–Trinajstić information content (AvgIpc) is 2.92. The highest BCUT2D eigenvalue weighted by atomic mass is 16.5. The summed E-state index contributed by atoms with van der Waals surface area (Å²) in [6.45, 7) is 1.58. The summed E-state index contributed by atoms with van der Waals surface area (Å²) in [4.78, 5) is 19.9. The Balaban J connectivity index is 1.62. The molecule has 0 fully saturated rings. The highest BCUT2D eigenvalue weighted by Gasteiger charge is 2.16. The lowest BCUT2D eigenvalue weighted by atomic mass is 10.1. The van der Waals surface area contributed by atoms with Crippen LogP contribution in [0.25, 0.3) is 0 Å². The number of methoxy groups -OCH3 is 1. The molecule has 4 rings (SSSR count). The quantitative estimate of drug-likeness (QED) is 0.238. The van der Waals surface area contributed by atoms with Crippen molar-refractivity contribution in [3.8, 4) is 5.75 Å². The molecule has 4 aromatic rings. The van der Waals surface area contributed by atoms with E-state index in [-0.39, 0.29) is 6.03 Å². The van der Waals surface area contributed by atoms with Gasteiger partial charge in [-0.15, -0.1) is 0 Å². The minimum absolute atomic E-state index is 0.346. The van der Waals surface area contributed by atoms with Crippen LogP contribution >= 0.6 is 0 Å². The molecule has 0 saturated carbocycles. The summed E-state index contributed by atoms with van der Waals surface area (Å²) < 4.78 is 5.27. The number of amides is 2. The van der Waals surface area contributed by atoms with E-state index in [0.29, 0.717) is 31.3 Å². The maximum atomic E-state index is 13.0. The number of rotatable bonds is 8. The highest BCUT2D eigenvalue weighted by Crippen LogP contribution is 2.14.